The van der Waals surface area contributed by atoms with Crippen molar-refractivity contribution in [3.05, 3.63) is 42.1 Å². The molecule has 0 nitrogen and oxygen atoms in total. The predicted octanol–water partition coefficient (Wildman–Crippen LogP) is 6.10. The molecule has 2 aliphatic rings. The van der Waals surface area contributed by atoms with Gasteiger partial charge in [-0.05, 0) is 0 Å². The van der Waals surface area contributed by atoms with E-state index in [9.17, 15) is 0 Å². The van der Waals surface area contributed by atoms with E-state index in [4.69, 9.17) is 0 Å². The summed E-state index contributed by atoms with van der Waals surface area (Å²) in [4.78, 5) is 0. The second-order valence-corrected chi connectivity index (χ2v) is 10.8. The van der Waals surface area contributed by atoms with Gasteiger partial charge in [-0.1, -0.05) is 0 Å². The number of hydrogen-bond donors (Lipinski definition) is 0. The maximum atomic E-state index is 2.42. The first-order valence-electron chi connectivity index (χ1n) is 7.89. The van der Waals surface area contributed by atoms with Gasteiger partial charge in [-0.3, -0.25) is 0 Å². The SMILES string of the molecule is CCCCC1=[C]([Hf+2][C]2=C(CCCC)C=CC2)CC=C1.[H-].[H-]. The van der Waals surface area contributed by atoms with Gasteiger partial charge in [0.1, 0.15) is 0 Å². The van der Waals surface area contributed by atoms with Crippen molar-refractivity contribution >= 4 is 0 Å². The summed E-state index contributed by atoms with van der Waals surface area (Å²) in [6, 6.07) is 0. The van der Waals surface area contributed by atoms with Crippen molar-refractivity contribution in [1.82, 2.24) is 0 Å². The minimum atomic E-state index is -0.707. The Hall–Kier alpha value is -0.170. The van der Waals surface area contributed by atoms with Gasteiger partial charge in [0, 0.05) is 0 Å². The van der Waals surface area contributed by atoms with Crippen LogP contribution in [-0.2, 0) is 22.9 Å². The van der Waals surface area contributed by atoms with Crippen LogP contribution in [0.4, 0.5) is 0 Å². The largest absolute Gasteiger partial charge is 1.00 e. The Morgan fingerprint density at radius 3 is 1.79 bits per heavy atom. The fourth-order valence-electron chi connectivity index (χ4n) is 2.75. The first kappa shape index (κ1) is 15.2. The molecule has 0 saturated heterocycles. The summed E-state index contributed by atoms with van der Waals surface area (Å²) < 4.78 is 3.78. The van der Waals surface area contributed by atoms with Crippen LogP contribution in [0.2, 0.25) is 0 Å². The van der Waals surface area contributed by atoms with Crippen LogP contribution >= 0.6 is 0 Å². The summed E-state index contributed by atoms with van der Waals surface area (Å²) >= 11 is -0.707. The zero-order valence-electron chi connectivity index (χ0n) is 14.5. The topological polar surface area (TPSA) is 0 Å². The number of rotatable bonds is 8. The summed E-state index contributed by atoms with van der Waals surface area (Å²) in [6.07, 6.45) is 20.3. The van der Waals surface area contributed by atoms with E-state index in [1.165, 1.54) is 51.4 Å². The first-order chi connectivity index (χ1) is 9.35. The van der Waals surface area contributed by atoms with Gasteiger partial charge in [0.2, 0.25) is 0 Å². The molecular weight excluding hydrogens is 395 g/mol. The van der Waals surface area contributed by atoms with Crippen molar-refractivity contribution < 1.29 is 25.8 Å². The molecule has 19 heavy (non-hydrogen) atoms. The average molecular weight is 423 g/mol. The Kier molecular flexibility index (Phi) is 6.56. The summed E-state index contributed by atoms with van der Waals surface area (Å²) in [5.74, 6) is 0. The van der Waals surface area contributed by atoms with E-state index < -0.39 is 22.9 Å². The van der Waals surface area contributed by atoms with E-state index in [0.29, 0.717) is 0 Å². The Morgan fingerprint density at radius 2 is 1.37 bits per heavy atom. The third kappa shape index (κ3) is 4.41. The van der Waals surface area contributed by atoms with E-state index in [0.717, 1.165) is 0 Å². The van der Waals surface area contributed by atoms with E-state index >= 15 is 0 Å². The van der Waals surface area contributed by atoms with Gasteiger partial charge in [-0.2, -0.15) is 0 Å². The summed E-state index contributed by atoms with van der Waals surface area (Å²) in [6.45, 7) is 4.60. The van der Waals surface area contributed by atoms with Crippen molar-refractivity contribution in [1.29, 1.82) is 0 Å². The molecule has 0 heterocycles. The van der Waals surface area contributed by atoms with Crippen molar-refractivity contribution in [3.8, 4) is 0 Å². The quantitative estimate of drug-likeness (QED) is 0.414. The van der Waals surface area contributed by atoms with Crippen molar-refractivity contribution in [2.45, 2.75) is 65.2 Å². The molecule has 0 fully saturated rings. The zero-order valence-corrected chi connectivity index (χ0v) is 16.1. The summed E-state index contributed by atoms with van der Waals surface area (Å²) in [7, 11) is 0. The van der Waals surface area contributed by atoms with Crippen LogP contribution in [0.5, 0.6) is 0 Å². The van der Waals surface area contributed by atoms with E-state index in [2.05, 4.69) is 38.2 Å². The van der Waals surface area contributed by atoms with Gasteiger partial charge in [-0.15, -0.1) is 0 Å². The molecule has 0 aliphatic heterocycles. The zero-order chi connectivity index (χ0) is 13.5. The van der Waals surface area contributed by atoms with Crippen LogP contribution in [0.25, 0.3) is 0 Å². The molecule has 0 aromatic heterocycles. The minimum Gasteiger partial charge on any atom is -1.00 e. The Morgan fingerprint density at radius 1 is 0.895 bits per heavy atom. The van der Waals surface area contributed by atoms with Crippen LogP contribution in [0.1, 0.15) is 68.1 Å². The van der Waals surface area contributed by atoms with Crippen molar-refractivity contribution in [3.63, 3.8) is 0 Å². The molecule has 1 heteroatoms. The van der Waals surface area contributed by atoms with Crippen LogP contribution in [0.15, 0.2) is 42.1 Å². The molecule has 0 bridgehead atoms. The predicted molar refractivity (Wildman–Crippen MR) is 82.8 cm³/mol. The molecule has 0 spiro atoms. The molecule has 0 aromatic rings. The van der Waals surface area contributed by atoms with Crippen molar-refractivity contribution in [2.75, 3.05) is 0 Å². The Bertz CT molecular complexity index is 390. The summed E-state index contributed by atoms with van der Waals surface area (Å²) in [5, 5.41) is 0. The molecule has 104 valence electrons. The Balaban J connectivity index is 0.00000200. The molecule has 0 aromatic carbocycles. The normalized spacial score (nSPS) is 17.8. The van der Waals surface area contributed by atoms with Gasteiger partial charge >= 0.3 is 130 Å². The second kappa shape index (κ2) is 8.19. The number of unbranched alkanes of at least 4 members (excludes halogenated alkanes) is 2. The smallest absolute Gasteiger partial charge is 1.00 e. The first-order valence-corrected chi connectivity index (χ1v) is 11.5. The average Bonchev–Trinajstić information content (AvgIpc) is 3.04. The molecule has 0 amide bonds. The fourth-order valence-corrected chi connectivity index (χ4v) is 8.29. The van der Waals surface area contributed by atoms with Crippen LogP contribution in [0.3, 0.4) is 0 Å². The van der Waals surface area contributed by atoms with Crippen LogP contribution < -0.4 is 0 Å². The van der Waals surface area contributed by atoms with Gasteiger partial charge in [-0.25, -0.2) is 0 Å². The standard InChI is InChI=1S/2C9H13.Hf.2H/c2*1-2-3-6-9-7-4-5-8-9;;;/h2*4,7H,2-3,5-6H2,1H3;;;/q;;+2;2*-1. The molecule has 0 N–H and O–H groups in total. The molecular formula is C18H28Hf. The van der Waals surface area contributed by atoms with E-state index in [1.54, 1.807) is 11.1 Å². The third-order valence-corrected chi connectivity index (χ3v) is 9.90. The van der Waals surface area contributed by atoms with E-state index in [1.807, 2.05) is 6.66 Å². The number of hydrogen-bond acceptors (Lipinski definition) is 0. The van der Waals surface area contributed by atoms with Crippen LogP contribution in [0, 0.1) is 0 Å². The van der Waals surface area contributed by atoms with Gasteiger partial charge < -0.3 is 2.85 Å². The molecule has 0 radical (unpaired) electrons. The fraction of sp³-hybridized carbons (Fsp3) is 0.556. The molecule has 2 aliphatic carbocycles. The maximum absolute atomic E-state index is 2.42. The van der Waals surface area contributed by atoms with Gasteiger partial charge in [0.25, 0.3) is 0 Å². The monoisotopic (exact) mass is 424 g/mol. The third-order valence-electron chi connectivity index (χ3n) is 3.96. The minimum absolute atomic E-state index is 0. The van der Waals surface area contributed by atoms with Crippen molar-refractivity contribution in [2.24, 2.45) is 0 Å². The molecule has 0 unspecified atom stereocenters. The van der Waals surface area contributed by atoms with Crippen LogP contribution in [-0.4, -0.2) is 0 Å². The van der Waals surface area contributed by atoms with Gasteiger partial charge in [0.05, 0.1) is 0 Å². The molecule has 2 rings (SSSR count). The summed E-state index contributed by atoms with van der Waals surface area (Å²) in [5.41, 5.74) is 3.44. The molecule has 0 atom stereocenters. The van der Waals surface area contributed by atoms with E-state index in [-0.39, 0.29) is 2.85 Å². The maximum Gasteiger partial charge on any atom is -1.00 e. The second-order valence-electron chi connectivity index (χ2n) is 5.55. The van der Waals surface area contributed by atoms with Gasteiger partial charge in [0.15, 0.2) is 0 Å². The number of allylic oxidation sites excluding steroid dienone is 8. The molecule has 0 saturated carbocycles. The Labute approximate surface area is 133 Å².